The Hall–Kier alpha value is -0.870. The minimum absolute atomic E-state index is 0.316. The van der Waals surface area contributed by atoms with E-state index in [1.165, 1.54) is 0 Å². The second-order valence-corrected chi connectivity index (χ2v) is 4.44. The second-order valence-electron chi connectivity index (χ2n) is 4.44. The molecular formula is C12H21N3O. The van der Waals surface area contributed by atoms with Crippen LogP contribution in [0.15, 0.2) is 12.2 Å². The summed E-state index contributed by atoms with van der Waals surface area (Å²) in [5.41, 5.74) is 0. The minimum atomic E-state index is 0.316. The maximum atomic E-state index is 11.9. The highest BCUT2D eigenvalue weighted by atomic mass is 16.2. The van der Waals surface area contributed by atoms with Crippen molar-refractivity contribution in [3.8, 4) is 0 Å². The van der Waals surface area contributed by atoms with Crippen molar-refractivity contribution < 1.29 is 4.79 Å². The van der Waals surface area contributed by atoms with Gasteiger partial charge in [0.05, 0.1) is 0 Å². The van der Waals surface area contributed by atoms with E-state index in [0.29, 0.717) is 12.3 Å². The average Bonchev–Trinajstić information content (AvgIpc) is 2.38. The van der Waals surface area contributed by atoms with Gasteiger partial charge in [0, 0.05) is 52.2 Å². The van der Waals surface area contributed by atoms with E-state index in [4.69, 9.17) is 0 Å². The third-order valence-electron chi connectivity index (χ3n) is 3.25. The number of rotatable bonds is 3. The molecular weight excluding hydrogens is 202 g/mol. The third-order valence-corrected chi connectivity index (χ3v) is 3.25. The first-order chi connectivity index (χ1) is 7.86. The number of carbonyl (C=O) groups excluding carboxylic acids is 1. The van der Waals surface area contributed by atoms with Crippen molar-refractivity contribution in [1.82, 2.24) is 15.1 Å². The summed E-state index contributed by atoms with van der Waals surface area (Å²) < 4.78 is 0. The summed E-state index contributed by atoms with van der Waals surface area (Å²) in [6.45, 7) is 6.65. The van der Waals surface area contributed by atoms with Crippen LogP contribution in [0.5, 0.6) is 0 Å². The fourth-order valence-electron chi connectivity index (χ4n) is 2.22. The third kappa shape index (κ3) is 3.32. The van der Waals surface area contributed by atoms with Gasteiger partial charge in [-0.2, -0.15) is 0 Å². The van der Waals surface area contributed by atoms with Gasteiger partial charge >= 0.3 is 0 Å². The predicted molar refractivity (Wildman–Crippen MR) is 64.3 cm³/mol. The van der Waals surface area contributed by atoms with E-state index >= 15 is 0 Å². The van der Waals surface area contributed by atoms with Gasteiger partial charge in [0.1, 0.15) is 0 Å². The highest BCUT2D eigenvalue weighted by molar-refractivity contribution is 5.76. The first kappa shape index (κ1) is 11.6. The predicted octanol–water partition coefficient (Wildman–Crippen LogP) is 0.0702. The van der Waals surface area contributed by atoms with Crippen LogP contribution in [0.3, 0.4) is 0 Å². The first-order valence-electron chi connectivity index (χ1n) is 6.22. The molecule has 90 valence electrons. The lowest BCUT2D eigenvalue weighted by atomic mass is 10.2. The molecule has 2 rings (SSSR count). The van der Waals surface area contributed by atoms with E-state index in [2.05, 4.69) is 22.4 Å². The van der Waals surface area contributed by atoms with Crippen LogP contribution < -0.4 is 5.32 Å². The smallest absolute Gasteiger partial charge is 0.223 e. The highest BCUT2D eigenvalue weighted by Crippen LogP contribution is 2.04. The number of nitrogens with one attached hydrogen (secondary N) is 1. The van der Waals surface area contributed by atoms with Crippen LogP contribution >= 0.6 is 0 Å². The summed E-state index contributed by atoms with van der Waals surface area (Å²) in [4.78, 5) is 16.2. The Morgan fingerprint density at radius 3 is 2.69 bits per heavy atom. The number of piperazine rings is 1. The van der Waals surface area contributed by atoms with Crippen LogP contribution in [0.2, 0.25) is 0 Å². The van der Waals surface area contributed by atoms with Crippen molar-refractivity contribution in [2.75, 3.05) is 45.8 Å². The summed E-state index contributed by atoms with van der Waals surface area (Å²) in [5, 5.41) is 3.26. The first-order valence-corrected chi connectivity index (χ1v) is 6.22. The molecule has 0 aliphatic carbocycles. The Labute approximate surface area is 97.3 Å². The molecule has 2 heterocycles. The Balaban J connectivity index is 1.68. The van der Waals surface area contributed by atoms with Crippen LogP contribution in [0.25, 0.3) is 0 Å². The Morgan fingerprint density at radius 2 is 2.00 bits per heavy atom. The zero-order valence-corrected chi connectivity index (χ0v) is 9.82. The number of amides is 1. The summed E-state index contributed by atoms with van der Waals surface area (Å²) in [6.07, 6.45) is 6.21. The van der Waals surface area contributed by atoms with Crippen molar-refractivity contribution in [3.63, 3.8) is 0 Å². The molecule has 0 spiro atoms. The van der Waals surface area contributed by atoms with Gasteiger partial charge in [-0.1, -0.05) is 12.2 Å². The number of nitrogens with zero attached hydrogens (tertiary/aromatic N) is 2. The molecule has 16 heavy (non-hydrogen) atoms. The van der Waals surface area contributed by atoms with Crippen LogP contribution in [-0.2, 0) is 4.79 Å². The summed E-state index contributed by atoms with van der Waals surface area (Å²) in [7, 11) is 0. The second kappa shape index (κ2) is 6.01. The summed E-state index contributed by atoms with van der Waals surface area (Å²) in [5.74, 6) is 0.316. The molecule has 0 aromatic rings. The quantitative estimate of drug-likeness (QED) is 0.688. The fourth-order valence-corrected chi connectivity index (χ4v) is 2.22. The Bertz CT molecular complexity index is 259. The maximum absolute atomic E-state index is 11.9. The number of hydrogen-bond acceptors (Lipinski definition) is 3. The van der Waals surface area contributed by atoms with Crippen molar-refractivity contribution in [2.24, 2.45) is 0 Å². The zero-order chi connectivity index (χ0) is 11.2. The van der Waals surface area contributed by atoms with Crippen molar-refractivity contribution in [3.05, 3.63) is 12.2 Å². The summed E-state index contributed by atoms with van der Waals surface area (Å²) >= 11 is 0. The van der Waals surface area contributed by atoms with Gasteiger partial charge in [-0.15, -0.1) is 0 Å². The fraction of sp³-hybridized carbons (Fsp3) is 0.750. The molecule has 0 aromatic carbocycles. The van der Waals surface area contributed by atoms with Crippen LogP contribution in [0.1, 0.15) is 12.8 Å². The molecule has 2 aliphatic heterocycles. The topological polar surface area (TPSA) is 35.6 Å². The lowest BCUT2D eigenvalue weighted by Gasteiger charge is -2.29. The molecule has 1 amide bonds. The van der Waals surface area contributed by atoms with Crippen LogP contribution in [0, 0.1) is 0 Å². The molecule has 1 saturated heterocycles. The largest absolute Gasteiger partial charge is 0.340 e. The standard InChI is InChI=1S/C12H21N3O/c16-12(15-10-5-13-6-11-15)4-9-14-7-2-1-3-8-14/h1-2,13H,3-11H2. The van der Waals surface area contributed by atoms with E-state index in [9.17, 15) is 4.79 Å². The molecule has 0 saturated carbocycles. The van der Waals surface area contributed by atoms with Gasteiger partial charge < -0.3 is 10.2 Å². The summed E-state index contributed by atoms with van der Waals surface area (Å²) in [6, 6.07) is 0. The van der Waals surface area contributed by atoms with Crippen molar-refractivity contribution in [2.45, 2.75) is 12.8 Å². The van der Waals surface area contributed by atoms with Gasteiger partial charge in [0.2, 0.25) is 5.91 Å². The lowest BCUT2D eigenvalue weighted by molar-refractivity contribution is -0.132. The minimum Gasteiger partial charge on any atom is -0.340 e. The van der Waals surface area contributed by atoms with Gasteiger partial charge in [-0.3, -0.25) is 9.69 Å². The van der Waals surface area contributed by atoms with Crippen molar-refractivity contribution in [1.29, 1.82) is 0 Å². The lowest BCUT2D eigenvalue weighted by Crippen LogP contribution is -2.47. The molecule has 0 radical (unpaired) electrons. The van der Waals surface area contributed by atoms with Crippen molar-refractivity contribution >= 4 is 5.91 Å². The highest BCUT2D eigenvalue weighted by Gasteiger charge is 2.16. The average molecular weight is 223 g/mol. The van der Waals surface area contributed by atoms with Gasteiger partial charge in [0.15, 0.2) is 0 Å². The molecule has 0 unspecified atom stereocenters. The van der Waals surface area contributed by atoms with Gasteiger partial charge in [-0.05, 0) is 6.42 Å². The number of carbonyl (C=O) groups is 1. The van der Waals surface area contributed by atoms with Gasteiger partial charge in [0.25, 0.3) is 0 Å². The van der Waals surface area contributed by atoms with E-state index in [1.807, 2.05) is 4.90 Å². The molecule has 4 heteroatoms. The molecule has 2 aliphatic rings. The Morgan fingerprint density at radius 1 is 1.19 bits per heavy atom. The van der Waals surface area contributed by atoms with Crippen LogP contribution in [0.4, 0.5) is 0 Å². The molecule has 0 bridgehead atoms. The zero-order valence-electron chi connectivity index (χ0n) is 9.82. The molecule has 0 atom stereocenters. The van der Waals surface area contributed by atoms with E-state index < -0.39 is 0 Å². The maximum Gasteiger partial charge on any atom is 0.223 e. The van der Waals surface area contributed by atoms with E-state index in [0.717, 1.165) is 52.2 Å². The Kier molecular flexibility index (Phi) is 4.36. The molecule has 1 fully saturated rings. The molecule has 1 N–H and O–H groups in total. The van der Waals surface area contributed by atoms with E-state index in [-0.39, 0.29) is 0 Å². The van der Waals surface area contributed by atoms with Crippen LogP contribution in [-0.4, -0.2) is 61.5 Å². The monoisotopic (exact) mass is 223 g/mol. The van der Waals surface area contributed by atoms with Gasteiger partial charge in [-0.25, -0.2) is 0 Å². The normalized spacial score (nSPS) is 22.4. The number of hydrogen-bond donors (Lipinski definition) is 1. The van der Waals surface area contributed by atoms with E-state index in [1.54, 1.807) is 0 Å². The SMILES string of the molecule is O=C(CCN1CC=CCC1)N1CCNCC1. The molecule has 0 aromatic heterocycles. The molecule has 4 nitrogen and oxygen atoms in total.